The molecule has 0 fully saturated rings. The Morgan fingerprint density at radius 3 is 2.89 bits per heavy atom. The largest absolute Gasteiger partial charge is 0.361 e. The Labute approximate surface area is 172 Å². The van der Waals surface area contributed by atoms with Gasteiger partial charge in [-0.05, 0) is 62.0 Å². The Hall–Kier alpha value is -1.92. The van der Waals surface area contributed by atoms with E-state index in [2.05, 4.69) is 51.3 Å². The van der Waals surface area contributed by atoms with Gasteiger partial charge < -0.3 is 10.3 Å². The molecule has 0 saturated heterocycles. The van der Waals surface area contributed by atoms with Gasteiger partial charge in [0.25, 0.3) is 0 Å². The number of H-pyrrole nitrogens is 1. The van der Waals surface area contributed by atoms with Gasteiger partial charge in [0, 0.05) is 47.2 Å². The first-order valence-corrected chi connectivity index (χ1v) is 11.3. The molecule has 0 bridgehead atoms. The van der Waals surface area contributed by atoms with Gasteiger partial charge in [0.15, 0.2) is 0 Å². The summed E-state index contributed by atoms with van der Waals surface area (Å²) in [6.45, 7) is 8.18. The summed E-state index contributed by atoms with van der Waals surface area (Å²) >= 11 is 1.35. The van der Waals surface area contributed by atoms with Crippen LogP contribution in [0.1, 0.15) is 51.5 Å². The third-order valence-electron chi connectivity index (χ3n) is 5.22. The highest BCUT2D eigenvalue weighted by molar-refractivity contribution is 7.98. The SMILES string of the molecule is CCCCCCN1CC=C(c2c[nH]c3ccc(SNC(=O)NCC)cc23)CC1. The molecule has 0 spiro atoms. The second-order valence-electron chi connectivity index (χ2n) is 7.31. The monoisotopic (exact) mass is 400 g/mol. The molecule has 5 nitrogen and oxygen atoms in total. The lowest BCUT2D eigenvalue weighted by atomic mass is 9.99. The molecule has 152 valence electrons. The van der Waals surface area contributed by atoms with Crippen molar-refractivity contribution < 1.29 is 4.79 Å². The van der Waals surface area contributed by atoms with E-state index < -0.39 is 0 Å². The number of urea groups is 1. The van der Waals surface area contributed by atoms with Crippen LogP contribution in [0, 0.1) is 0 Å². The van der Waals surface area contributed by atoms with Crippen LogP contribution in [0.15, 0.2) is 35.4 Å². The van der Waals surface area contributed by atoms with E-state index in [-0.39, 0.29) is 6.03 Å². The van der Waals surface area contributed by atoms with Crippen LogP contribution in [0.4, 0.5) is 4.79 Å². The fraction of sp³-hybridized carbons (Fsp3) is 0.500. The molecule has 1 aromatic carbocycles. The number of amides is 2. The summed E-state index contributed by atoms with van der Waals surface area (Å²) in [6.07, 6.45) is 10.9. The van der Waals surface area contributed by atoms with E-state index in [4.69, 9.17) is 0 Å². The number of rotatable bonds is 9. The smallest absolute Gasteiger partial charge is 0.325 e. The number of fused-ring (bicyclic) bond motifs is 1. The van der Waals surface area contributed by atoms with Crippen LogP contribution in [0.5, 0.6) is 0 Å². The molecule has 0 aliphatic carbocycles. The minimum Gasteiger partial charge on any atom is -0.361 e. The van der Waals surface area contributed by atoms with Crippen LogP contribution < -0.4 is 10.0 Å². The first kappa shape index (κ1) is 20.8. The highest BCUT2D eigenvalue weighted by atomic mass is 32.2. The molecule has 0 atom stereocenters. The van der Waals surface area contributed by atoms with Crippen molar-refractivity contribution in [2.45, 2.75) is 50.8 Å². The van der Waals surface area contributed by atoms with Gasteiger partial charge in [-0.2, -0.15) is 0 Å². The fourth-order valence-electron chi connectivity index (χ4n) is 3.65. The number of carbonyl (C=O) groups is 1. The van der Waals surface area contributed by atoms with Gasteiger partial charge in [0.1, 0.15) is 0 Å². The lowest BCUT2D eigenvalue weighted by Crippen LogP contribution is -2.30. The Bertz CT molecular complexity index is 814. The number of benzene rings is 1. The number of aromatic amines is 1. The van der Waals surface area contributed by atoms with Gasteiger partial charge >= 0.3 is 6.03 Å². The summed E-state index contributed by atoms with van der Waals surface area (Å²) in [6, 6.07) is 6.13. The second-order valence-corrected chi connectivity index (χ2v) is 8.19. The molecule has 28 heavy (non-hydrogen) atoms. The van der Waals surface area contributed by atoms with E-state index in [1.165, 1.54) is 60.7 Å². The normalized spacial score (nSPS) is 14.9. The van der Waals surface area contributed by atoms with E-state index in [1.54, 1.807) is 0 Å². The Balaban J connectivity index is 1.64. The van der Waals surface area contributed by atoms with Crippen molar-refractivity contribution in [3.05, 3.63) is 36.0 Å². The van der Waals surface area contributed by atoms with Gasteiger partial charge in [-0.3, -0.25) is 9.62 Å². The van der Waals surface area contributed by atoms with E-state index in [0.29, 0.717) is 6.54 Å². The predicted molar refractivity (Wildman–Crippen MR) is 120 cm³/mol. The van der Waals surface area contributed by atoms with E-state index in [9.17, 15) is 4.79 Å². The summed E-state index contributed by atoms with van der Waals surface area (Å²) in [5.74, 6) is 0. The maximum atomic E-state index is 11.6. The standard InChI is InChI=1S/C22H32N4OS/c1-3-5-6-7-12-26-13-10-17(11-14-26)20-16-24-21-9-8-18(15-19(20)21)28-25-22(27)23-4-2/h8-10,15-16,24H,3-7,11-14H2,1-2H3,(H2,23,25,27). The second kappa shape index (κ2) is 10.6. The Morgan fingerprint density at radius 2 is 2.14 bits per heavy atom. The summed E-state index contributed by atoms with van der Waals surface area (Å²) in [7, 11) is 0. The van der Waals surface area contributed by atoms with Crippen molar-refractivity contribution in [2.75, 3.05) is 26.2 Å². The van der Waals surface area contributed by atoms with Crippen molar-refractivity contribution in [3.8, 4) is 0 Å². The van der Waals surface area contributed by atoms with Crippen LogP contribution >= 0.6 is 11.9 Å². The molecule has 2 heterocycles. The quantitative estimate of drug-likeness (QED) is 0.402. The van der Waals surface area contributed by atoms with Crippen molar-refractivity contribution >= 4 is 34.5 Å². The third-order valence-corrected chi connectivity index (χ3v) is 6.00. The van der Waals surface area contributed by atoms with Gasteiger partial charge in [-0.25, -0.2) is 4.79 Å². The highest BCUT2D eigenvalue weighted by Gasteiger charge is 2.16. The van der Waals surface area contributed by atoms with Crippen LogP contribution in [0.2, 0.25) is 0 Å². The number of aromatic nitrogens is 1. The topological polar surface area (TPSA) is 60.2 Å². The molecular formula is C22H32N4OS. The molecule has 0 saturated carbocycles. The molecule has 6 heteroatoms. The number of hydrogen-bond acceptors (Lipinski definition) is 3. The first-order valence-electron chi connectivity index (χ1n) is 10.4. The zero-order chi connectivity index (χ0) is 19.8. The first-order chi connectivity index (χ1) is 13.7. The van der Waals surface area contributed by atoms with Crippen LogP contribution in [-0.2, 0) is 0 Å². The minimum atomic E-state index is -0.157. The van der Waals surface area contributed by atoms with Gasteiger partial charge in [0.2, 0.25) is 0 Å². The highest BCUT2D eigenvalue weighted by Crippen LogP contribution is 2.31. The molecule has 1 aliphatic heterocycles. The molecule has 0 unspecified atom stereocenters. The molecular weight excluding hydrogens is 368 g/mol. The van der Waals surface area contributed by atoms with E-state index in [1.807, 2.05) is 13.0 Å². The fourth-order valence-corrected chi connectivity index (χ4v) is 4.25. The number of carbonyl (C=O) groups excluding carboxylic acids is 1. The van der Waals surface area contributed by atoms with Crippen LogP contribution in [-0.4, -0.2) is 42.1 Å². The minimum absolute atomic E-state index is 0.157. The lowest BCUT2D eigenvalue weighted by molar-refractivity contribution is 0.247. The molecule has 3 N–H and O–H groups in total. The predicted octanol–water partition coefficient (Wildman–Crippen LogP) is 5.16. The molecule has 0 radical (unpaired) electrons. The van der Waals surface area contributed by atoms with Crippen molar-refractivity contribution in [1.29, 1.82) is 0 Å². The molecule has 1 aromatic heterocycles. The molecule has 3 rings (SSSR count). The zero-order valence-electron chi connectivity index (χ0n) is 17.0. The summed E-state index contributed by atoms with van der Waals surface area (Å²) < 4.78 is 2.83. The number of unbranched alkanes of at least 4 members (excludes halogenated alkanes) is 3. The van der Waals surface area contributed by atoms with Crippen molar-refractivity contribution in [2.24, 2.45) is 0 Å². The van der Waals surface area contributed by atoms with Crippen molar-refractivity contribution in [3.63, 3.8) is 0 Å². The third kappa shape index (κ3) is 5.55. The number of hydrogen-bond donors (Lipinski definition) is 3. The molecule has 2 aromatic rings. The summed E-state index contributed by atoms with van der Waals surface area (Å²) in [5, 5.41) is 3.97. The Kier molecular flexibility index (Phi) is 7.86. The number of nitrogens with zero attached hydrogens (tertiary/aromatic N) is 1. The number of nitrogens with one attached hydrogen (secondary N) is 3. The van der Waals surface area contributed by atoms with Gasteiger partial charge in [-0.15, -0.1) is 0 Å². The van der Waals surface area contributed by atoms with Crippen molar-refractivity contribution in [1.82, 2.24) is 19.9 Å². The van der Waals surface area contributed by atoms with Gasteiger partial charge in [-0.1, -0.05) is 32.3 Å². The maximum Gasteiger partial charge on any atom is 0.325 e. The van der Waals surface area contributed by atoms with Crippen LogP contribution in [0.25, 0.3) is 16.5 Å². The summed E-state index contributed by atoms with van der Waals surface area (Å²) in [5.41, 5.74) is 3.86. The molecule has 2 amide bonds. The zero-order valence-corrected chi connectivity index (χ0v) is 17.8. The van der Waals surface area contributed by atoms with Crippen LogP contribution in [0.3, 0.4) is 0 Å². The average molecular weight is 401 g/mol. The van der Waals surface area contributed by atoms with E-state index >= 15 is 0 Å². The Morgan fingerprint density at radius 1 is 1.25 bits per heavy atom. The maximum absolute atomic E-state index is 11.6. The average Bonchev–Trinajstić information content (AvgIpc) is 3.14. The van der Waals surface area contributed by atoms with E-state index in [0.717, 1.165) is 29.9 Å². The lowest BCUT2D eigenvalue weighted by Gasteiger charge is -2.26. The summed E-state index contributed by atoms with van der Waals surface area (Å²) in [4.78, 5) is 18.6. The molecule has 1 aliphatic rings. The van der Waals surface area contributed by atoms with Gasteiger partial charge in [0.05, 0.1) is 0 Å².